The molecule has 0 aliphatic rings. The molecule has 0 aromatic carbocycles. The molecule has 2 N–H and O–H groups in total. The van der Waals surface area contributed by atoms with Gasteiger partial charge in [-0.1, -0.05) is 46.4 Å². The molecule has 0 fully saturated rings. The molecule has 0 saturated heterocycles. The molecule has 83 valence electrons. The Bertz CT molecular complexity index is 173. The Kier molecular flexibility index (Phi) is 20.5. The zero-order chi connectivity index (χ0) is 12.2. The van der Waals surface area contributed by atoms with Gasteiger partial charge >= 0.3 is 26.5 Å². The van der Waals surface area contributed by atoms with Crippen molar-refractivity contribution in [1.29, 1.82) is 5.26 Å². The van der Waals surface area contributed by atoms with Crippen molar-refractivity contribution >= 4 is 46.4 Å². The monoisotopic (exact) mass is 320 g/mol. The van der Waals surface area contributed by atoms with Crippen LogP contribution in [-0.2, 0) is 27.7 Å². The van der Waals surface area contributed by atoms with Gasteiger partial charge in [0.2, 0.25) is 0 Å². The van der Waals surface area contributed by atoms with Gasteiger partial charge in [0.15, 0.2) is 4.84 Å². The van der Waals surface area contributed by atoms with Crippen LogP contribution in [-0.4, -0.2) is 18.3 Å². The molecular weight excluding hydrogens is 316 g/mol. The van der Waals surface area contributed by atoms with Crippen molar-refractivity contribution in [2.45, 2.75) is 16.3 Å². The van der Waals surface area contributed by atoms with Crippen LogP contribution in [0.3, 0.4) is 0 Å². The maximum absolute atomic E-state index is 8.61. The fourth-order valence-corrected chi connectivity index (χ4v) is 0.120. The molecule has 0 bridgehead atoms. The minimum absolute atomic E-state index is 1.18. The Hall–Kier alpha value is 1.04. The summed E-state index contributed by atoms with van der Waals surface area (Å²) in [6.45, 7) is 1.43. The Morgan fingerprint density at radius 2 is 1.79 bits per heavy atom. The van der Waals surface area contributed by atoms with Crippen molar-refractivity contribution in [3.63, 3.8) is 0 Å². The first-order valence-corrected chi connectivity index (χ1v) is 5.61. The van der Waals surface area contributed by atoms with E-state index in [4.69, 9.17) is 63.9 Å². The SMILES string of the molecule is CC#N.OOC(Cl)(Cl)C(Cl)Cl.[O]=[Ti][OH]. The molecule has 0 aliphatic carbocycles. The van der Waals surface area contributed by atoms with Crippen LogP contribution in [0.15, 0.2) is 0 Å². The van der Waals surface area contributed by atoms with Crippen LogP contribution in [0.25, 0.3) is 0 Å². The van der Waals surface area contributed by atoms with Crippen LogP contribution < -0.4 is 0 Å². The maximum atomic E-state index is 8.61. The topological polar surface area (TPSA) is 90.5 Å². The van der Waals surface area contributed by atoms with Gasteiger partial charge in [-0.3, -0.25) is 0 Å². The zero-order valence-electron chi connectivity index (χ0n) is 6.75. The predicted octanol–water partition coefficient (Wildman–Crippen LogP) is 2.26. The van der Waals surface area contributed by atoms with Gasteiger partial charge in [0.05, 0.1) is 6.07 Å². The van der Waals surface area contributed by atoms with Gasteiger partial charge in [-0.05, 0) is 0 Å². The van der Waals surface area contributed by atoms with Gasteiger partial charge < -0.3 is 0 Å². The number of rotatable bonds is 2. The Balaban J connectivity index is -0.000000168. The summed E-state index contributed by atoms with van der Waals surface area (Å²) >= 11 is 18.6. The number of nitriles is 1. The van der Waals surface area contributed by atoms with E-state index in [0.717, 1.165) is 0 Å². The summed E-state index contributed by atoms with van der Waals surface area (Å²) in [6.07, 6.45) is 0. The third kappa shape index (κ3) is 18.8. The summed E-state index contributed by atoms with van der Waals surface area (Å²) in [4.78, 5) is 2.28. The average molecular weight is 322 g/mol. The molecule has 0 aromatic rings. The Labute approximate surface area is 110 Å². The quantitative estimate of drug-likeness (QED) is 0.352. The van der Waals surface area contributed by atoms with Crippen LogP contribution in [0.4, 0.5) is 0 Å². The fourth-order valence-electron chi connectivity index (χ4n) is 0.0398. The van der Waals surface area contributed by atoms with Gasteiger partial charge in [0.25, 0.3) is 4.52 Å². The molecule has 0 spiro atoms. The molecule has 0 heterocycles. The zero-order valence-corrected chi connectivity index (χ0v) is 11.3. The van der Waals surface area contributed by atoms with Crippen molar-refractivity contribution in [2.75, 3.05) is 0 Å². The Morgan fingerprint density at radius 1 is 1.57 bits per heavy atom. The first kappa shape index (κ1) is 20.5. The standard InChI is InChI=1S/C2H2Cl4O2.C2H3N.H2O.O.Ti/c3-1(4)2(5,6)8-7;1-2-3;;;/h1,7H;1H3;1H2;;/q;;;;+1/p-1. The number of halogens is 4. The summed E-state index contributed by atoms with van der Waals surface area (Å²) in [5.74, 6) is 0. The molecule has 0 amide bonds. The molecule has 10 heteroatoms. The van der Waals surface area contributed by atoms with Gasteiger partial charge in [-0.25, -0.2) is 5.26 Å². The van der Waals surface area contributed by atoms with E-state index >= 15 is 0 Å². The van der Waals surface area contributed by atoms with Gasteiger partial charge in [0, 0.05) is 6.92 Å². The van der Waals surface area contributed by atoms with E-state index in [-0.39, 0.29) is 0 Å². The molecule has 0 rings (SSSR count). The van der Waals surface area contributed by atoms with Crippen LogP contribution in [0.2, 0.25) is 0 Å². The molecule has 0 saturated carbocycles. The second-order valence-electron chi connectivity index (χ2n) is 1.27. The molecular formula is C4H6Cl4NO4Ti. The summed E-state index contributed by atoms with van der Waals surface area (Å²) in [5.41, 5.74) is 0. The number of alkyl halides is 4. The normalized spacial score (nSPS) is 8.50. The molecule has 0 aliphatic heterocycles. The van der Waals surface area contributed by atoms with E-state index in [0.29, 0.717) is 0 Å². The first-order valence-electron chi connectivity index (χ1n) is 2.64. The van der Waals surface area contributed by atoms with Crippen molar-refractivity contribution in [2.24, 2.45) is 0 Å². The van der Waals surface area contributed by atoms with Crippen molar-refractivity contribution in [3.05, 3.63) is 0 Å². The van der Waals surface area contributed by atoms with Crippen LogP contribution in [0, 0.1) is 11.3 Å². The predicted molar refractivity (Wildman–Crippen MR) is 47.8 cm³/mol. The average Bonchev–Trinajstić information content (AvgIpc) is 2.07. The molecule has 0 unspecified atom stereocenters. The van der Waals surface area contributed by atoms with E-state index < -0.39 is 28.9 Å². The summed E-state index contributed by atoms with van der Waals surface area (Å²) in [5, 5.41) is 15.2. The van der Waals surface area contributed by atoms with E-state index in [1.165, 1.54) is 6.92 Å². The first-order chi connectivity index (χ1) is 6.33. The molecule has 0 aromatic heterocycles. The second kappa shape index (κ2) is 14.0. The third-order valence-electron chi connectivity index (χ3n) is 0.376. The van der Waals surface area contributed by atoms with Crippen molar-refractivity contribution in [3.8, 4) is 6.07 Å². The summed E-state index contributed by atoms with van der Waals surface area (Å²) in [6, 6.07) is 1.75. The molecule has 14 heavy (non-hydrogen) atoms. The molecule has 0 radical (unpaired) electrons. The van der Waals surface area contributed by atoms with Gasteiger partial charge in [-0.15, -0.1) is 0 Å². The number of hydrogen-bond donors (Lipinski definition) is 2. The minimum atomic E-state index is -1.93. The third-order valence-corrected chi connectivity index (χ3v) is 2.01. The van der Waals surface area contributed by atoms with Crippen molar-refractivity contribution in [1.82, 2.24) is 0 Å². The van der Waals surface area contributed by atoms with Crippen LogP contribution in [0.1, 0.15) is 6.92 Å². The Morgan fingerprint density at radius 3 is 1.79 bits per heavy atom. The summed E-state index contributed by atoms with van der Waals surface area (Å²) < 4.78 is 13.8. The number of nitrogens with zero attached hydrogens (tertiary/aromatic N) is 1. The van der Waals surface area contributed by atoms with E-state index in [9.17, 15) is 0 Å². The van der Waals surface area contributed by atoms with Crippen LogP contribution in [0.5, 0.6) is 0 Å². The van der Waals surface area contributed by atoms with E-state index in [1.54, 1.807) is 6.07 Å². The van der Waals surface area contributed by atoms with Crippen LogP contribution >= 0.6 is 46.4 Å². The number of hydrogen-bond acceptors (Lipinski definition) is 4. The van der Waals surface area contributed by atoms with Gasteiger partial charge in [-0.2, -0.15) is 10.1 Å². The van der Waals surface area contributed by atoms with E-state index in [1.807, 2.05) is 0 Å². The fraction of sp³-hybridized carbons (Fsp3) is 0.750. The molecule has 5 nitrogen and oxygen atoms in total. The van der Waals surface area contributed by atoms with Gasteiger partial charge in [0.1, 0.15) is 0 Å². The second-order valence-corrected chi connectivity index (χ2v) is 3.97. The molecule has 0 atom stereocenters. The summed E-state index contributed by atoms with van der Waals surface area (Å²) in [7, 11) is 0. The van der Waals surface area contributed by atoms with Crippen molar-refractivity contribution < 1.29 is 36.7 Å². The van der Waals surface area contributed by atoms with E-state index in [2.05, 4.69) is 4.89 Å².